The molecule has 0 bridgehead atoms. The van der Waals surface area contributed by atoms with E-state index in [2.05, 4.69) is 15.5 Å². The van der Waals surface area contributed by atoms with Gasteiger partial charge in [-0.3, -0.25) is 9.89 Å². The number of rotatable bonds is 3. The van der Waals surface area contributed by atoms with E-state index in [1.165, 1.54) is 12.1 Å². The zero-order valence-electron chi connectivity index (χ0n) is 9.70. The normalized spacial score (nSPS) is 10.3. The lowest BCUT2D eigenvalue weighted by molar-refractivity contribution is 0.102. The van der Waals surface area contributed by atoms with Gasteiger partial charge in [-0.15, -0.1) is 0 Å². The Morgan fingerprint density at radius 3 is 3.00 bits per heavy atom. The molecule has 94 valence electrons. The monoisotopic (exact) mass is 249 g/mol. The molecular formula is C12H12FN3O2. The third kappa shape index (κ3) is 2.17. The van der Waals surface area contributed by atoms with Gasteiger partial charge in [-0.2, -0.15) is 5.10 Å². The summed E-state index contributed by atoms with van der Waals surface area (Å²) in [4.78, 5) is 11.9. The molecule has 3 N–H and O–H groups in total. The summed E-state index contributed by atoms with van der Waals surface area (Å²) in [6.45, 7) is 1.90. The molecule has 0 aliphatic rings. The Morgan fingerprint density at radius 2 is 2.33 bits per heavy atom. The average Bonchev–Trinajstić information content (AvgIpc) is 2.76. The van der Waals surface area contributed by atoms with Crippen LogP contribution in [0.25, 0.3) is 0 Å². The molecule has 0 spiro atoms. The molecule has 2 rings (SSSR count). The first-order valence-electron chi connectivity index (χ1n) is 5.44. The van der Waals surface area contributed by atoms with Gasteiger partial charge in [0.15, 0.2) is 0 Å². The van der Waals surface area contributed by atoms with Crippen molar-refractivity contribution in [1.82, 2.24) is 10.2 Å². The second-order valence-electron chi connectivity index (χ2n) is 3.71. The predicted octanol–water partition coefficient (Wildman–Crippen LogP) is 2.07. The Morgan fingerprint density at radius 1 is 1.56 bits per heavy atom. The van der Waals surface area contributed by atoms with E-state index < -0.39 is 17.5 Å². The minimum atomic E-state index is -0.773. The average molecular weight is 249 g/mol. The summed E-state index contributed by atoms with van der Waals surface area (Å²) < 4.78 is 13.5. The summed E-state index contributed by atoms with van der Waals surface area (Å²) in [6, 6.07) is 3.70. The Labute approximate surface area is 103 Å². The van der Waals surface area contributed by atoms with Gasteiger partial charge in [-0.1, -0.05) is 13.0 Å². The number of carbonyl (C=O) groups excluding carboxylic acids is 1. The molecule has 0 fully saturated rings. The zero-order valence-corrected chi connectivity index (χ0v) is 9.70. The number of H-pyrrole nitrogens is 1. The molecule has 0 atom stereocenters. The number of benzene rings is 1. The lowest BCUT2D eigenvalue weighted by Crippen LogP contribution is -2.15. The molecule has 1 amide bonds. The topological polar surface area (TPSA) is 78.0 Å². The fourth-order valence-corrected chi connectivity index (χ4v) is 1.60. The molecule has 18 heavy (non-hydrogen) atoms. The molecule has 2 aromatic rings. The van der Waals surface area contributed by atoms with Crippen molar-refractivity contribution in [3.05, 3.63) is 41.3 Å². The third-order valence-corrected chi connectivity index (χ3v) is 2.56. The summed E-state index contributed by atoms with van der Waals surface area (Å²) in [5, 5.41) is 18.4. The number of hydrogen-bond acceptors (Lipinski definition) is 3. The number of carbonyl (C=O) groups is 1. The van der Waals surface area contributed by atoms with Gasteiger partial charge in [0.1, 0.15) is 22.9 Å². The largest absolute Gasteiger partial charge is 0.507 e. The van der Waals surface area contributed by atoms with Crippen LogP contribution in [0.15, 0.2) is 24.4 Å². The van der Waals surface area contributed by atoms with Gasteiger partial charge in [0.05, 0.1) is 6.20 Å². The Bertz CT molecular complexity index is 560. The molecule has 5 nitrogen and oxygen atoms in total. The quantitative estimate of drug-likeness (QED) is 0.779. The summed E-state index contributed by atoms with van der Waals surface area (Å²) in [7, 11) is 0. The number of aromatic nitrogens is 2. The summed E-state index contributed by atoms with van der Waals surface area (Å²) in [6.07, 6.45) is 2.26. The van der Waals surface area contributed by atoms with Crippen molar-refractivity contribution in [3.63, 3.8) is 0 Å². The van der Waals surface area contributed by atoms with Gasteiger partial charge < -0.3 is 10.4 Å². The number of aromatic amines is 1. The summed E-state index contributed by atoms with van der Waals surface area (Å²) >= 11 is 0. The molecule has 1 heterocycles. The maximum atomic E-state index is 13.5. The second kappa shape index (κ2) is 4.87. The molecule has 0 aliphatic carbocycles. The van der Waals surface area contributed by atoms with E-state index in [0.717, 1.165) is 11.6 Å². The molecule has 1 aromatic carbocycles. The van der Waals surface area contributed by atoms with Gasteiger partial charge in [0.2, 0.25) is 0 Å². The Hall–Kier alpha value is -2.37. The molecule has 0 radical (unpaired) electrons. The number of amides is 1. The van der Waals surface area contributed by atoms with Gasteiger partial charge in [-0.25, -0.2) is 4.39 Å². The first-order chi connectivity index (χ1) is 8.63. The SMILES string of the molecule is CCc1cn[nH]c1NC(=O)c1c(O)cccc1F. The maximum Gasteiger partial charge on any atom is 0.263 e. The standard InChI is InChI=1S/C12H12FN3O2/c1-2-7-6-14-16-11(7)15-12(18)10-8(13)4-3-5-9(10)17/h3-6,17H,2H2,1H3,(H2,14,15,16,18). The van der Waals surface area contributed by atoms with Crippen LogP contribution in [0.3, 0.4) is 0 Å². The maximum absolute atomic E-state index is 13.5. The first-order valence-corrected chi connectivity index (χ1v) is 5.44. The number of aryl methyl sites for hydroxylation is 1. The number of nitrogens with one attached hydrogen (secondary N) is 2. The molecule has 1 aromatic heterocycles. The van der Waals surface area contributed by atoms with Crippen LogP contribution >= 0.6 is 0 Å². The summed E-state index contributed by atoms with van der Waals surface area (Å²) in [5.41, 5.74) is 0.424. The fraction of sp³-hybridized carbons (Fsp3) is 0.167. The van der Waals surface area contributed by atoms with Crippen molar-refractivity contribution >= 4 is 11.7 Å². The lowest BCUT2D eigenvalue weighted by atomic mass is 10.1. The predicted molar refractivity (Wildman–Crippen MR) is 64.0 cm³/mol. The van der Waals surface area contributed by atoms with E-state index in [9.17, 15) is 14.3 Å². The van der Waals surface area contributed by atoms with Crippen molar-refractivity contribution in [2.75, 3.05) is 5.32 Å². The zero-order chi connectivity index (χ0) is 13.1. The van der Waals surface area contributed by atoms with Crippen molar-refractivity contribution in [2.45, 2.75) is 13.3 Å². The minimum Gasteiger partial charge on any atom is -0.507 e. The number of phenolic OH excluding ortho intramolecular Hbond substituents is 1. The summed E-state index contributed by atoms with van der Waals surface area (Å²) in [5.74, 6) is -1.48. The van der Waals surface area contributed by atoms with Crippen molar-refractivity contribution < 1.29 is 14.3 Å². The van der Waals surface area contributed by atoms with E-state index in [1.54, 1.807) is 6.20 Å². The number of hydrogen-bond donors (Lipinski definition) is 3. The van der Waals surface area contributed by atoms with Crippen LogP contribution < -0.4 is 5.32 Å². The van der Waals surface area contributed by atoms with Crippen molar-refractivity contribution in [1.29, 1.82) is 0 Å². The minimum absolute atomic E-state index is 0.380. The van der Waals surface area contributed by atoms with E-state index in [0.29, 0.717) is 12.2 Å². The Balaban J connectivity index is 2.28. The van der Waals surface area contributed by atoms with Gasteiger partial charge in [-0.05, 0) is 18.6 Å². The number of anilines is 1. The van der Waals surface area contributed by atoms with Crippen LogP contribution in [0.2, 0.25) is 0 Å². The van der Waals surface area contributed by atoms with Crippen LogP contribution in [-0.4, -0.2) is 21.2 Å². The Kier molecular flexibility index (Phi) is 3.27. The highest BCUT2D eigenvalue weighted by Gasteiger charge is 2.18. The van der Waals surface area contributed by atoms with E-state index >= 15 is 0 Å². The molecule has 0 saturated carbocycles. The molecule has 0 unspecified atom stereocenters. The molecule has 0 saturated heterocycles. The highest BCUT2D eigenvalue weighted by atomic mass is 19.1. The van der Waals surface area contributed by atoms with Crippen molar-refractivity contribution in [2.24, 2.45) is 0 Å². The molecular weight excluding hydrogens is 237 g/mol. The van der Waals surface area contributed by atoms with E-state index in [4.69, 9.17) is 0 Å². The number of phenols is 1. The van der Waals surface area contributed by atoms with Crippen molar-refractivity contribution in [3.8, 4) is 5.75 Å². The van der Waals surface area contributed by atoms with Gasteiger partial charge in [0.25, 0.3) is 5.91 Å². The van der Waals surface area contributed by atoms with Gasteiger partial charge >= 0.3 is 0 Å². The highest BCUT2D eigenvalue weighted by molar-refractivity contribution is 6.06. The number of aromatic hydroxyl groups is 1. The van der Waals surface area contributed by atoms with E-state index in [1.807, 2.05) is 6.92 Å². The molecule has 0 aliphatic heterocycles. The molecule has 6 heteroatoms. The first kappa shape index (κ1) is 12.1. The number of nitrogens with zero attached hydrogens (tertiary/aromatic N) is 1. The fourth-order valence-electron chi connectivity index (χ4n) is 1.60. The van der Waals surface area contributed by atoms with Crippen LogP contribution in [0, 0.1) is 5.82 Å². The number of halogens is 1. The third-order valence-electron chi connectivity index (χ3n) is 2.56. The smallest absolute Gasteiger partial charge is 0.263 e. The van der Waals surface area contributed by atoms with Gasteiger partial charge in [0, 0.05) is 5.56 Å². The second-order valence-corrected chi connectivity index (χ2v) is 3.71. The van der Waals surface area contributed by atoms with E-state index in [-0.39, 0.29) is 5.56 Å². The van der Waals surface area contributed by atoms with Crippen LogP contribution in [0.5, 0.6) is 5.75 Å². The van der Waals surface area contributed by atoms with Crippen LogP contribution in [-0.2, 0) is 6.42 Å². The van der Waals surface area contributed by atoms with Crippen LogP contribution in [0.1, 0.15) is 22.8 Å². The lowest BCUT2D eigenvalue weighted by Gasteiger charge is -2.07. The highest BCUT2D eigenvalue weighted by Crippen LogP contribution is 2.21. The van der Waals surface area contributed by atoms with Crippen LogP contribution in [0.4, 0.5) is 10.2 Å².